The lowest BCUT2D eigenvalue weighted by Gasteiger charge is -2.33. The van der Waals surface area contributed by atoms with Crippen LogP contribution < -0.4 is 10.1 Å². The summed E-state index contributed by atoms with van der Waals surface area (Å²) >= 11 is 0. The molecular formula is C29H46N2O7. The van der Waals surface area contributed by atoms with Gasteiger partial charge in [-0.3, -0.25) is 5.32 Å². The van der Waals surface area contributed by atoms with Gasteiger partial charge in [-0.15, -0.1) is 0 Å². The summed E-state index contributed by atoms with van der Waals surface area (Å²) in [5.41, 5.74) is 0.615. The molecule has 3 aliphatic heterocycles. The Morgan fingerprint density at radius 3 is 2.50 bits per heavy atom. The summed E-state index contributed by atoms with van der Waals surface area (Å²) < 4.78 is 36.6. The second kappa shape index (κ2) is 13.4. The predicted molar refractivity (Wildman–Crippen MR) is 144 cm³/mol. The van der Waals surface area contributed by atoms with Gasteiger partial charge in [-0.2, -0.15) is 0 Å². The van der Waals surface area contributed by atoms with Crippen LogP contribution in [-0.4, -0.2) is 80.8 Å². The van der Waals surface area contributed by atoms with Gasteiger partial charge in [0.25, 0.3) is 0 Å². The van der Waals surface area contributed by atoms with Crippen LogP contribution in [0, 0.1) is 0 Å². The van der Waals surface area contributed by atoms with Crippen molar-refractivity contribution in [2.45, 2.75) is 102 Å². The molecular weight excluding hydrogens is 488 g/mol. The third-order valence-electron chi connectivity index (χ3n) is 7.44. The predicted octanol–water partition coefficient (Wildman–Crippen LogP) is 5.33. The van der Waals surface area contributed by atoms with Crippen LogP contribution in [0.25, 0.3) is 0 Å². The van der Waals surface area contributed by atoms with E-state index in [0.29, 0.717) is 24.6 Å². The van der Waals surface area contributed by atoms with Gasteiger partial charge in [0, 0.05) is 18.8 Å². The molecule has 214 valence electrons. The SMILES string of the molecule is CCCCCCCOC[C@@]12O[C@@H](CN3CCCCC3)[C@@H](OC(=O)Nc3ccc(OC)cc3)[C@@H]1OC(C)(C)O2. The molecule has 1 aromatic rings. The van der Waals surface area contributed by atoms with E-state index in [0.717, 1.165) is 38.8 Å². The highest BCUT2D eigenvalue weighted by Gasteiger charge is 2.66. The fraction of sp³-hybridized carbons (Fsp3) is 0.759. The number of methoxy groups -OCH3 is 1. The highest BCUT2D eigenvalue weighted by molar-refractivity contribution is 5.84. The highest BCUT2D eigenvalue weighted by atomic mass is 16.9. The molecule has 0 aliphatic carbocycles. The molecule has 0 unspecified atom stereocenters. The highest BCUT2D eigenvalue weighted by Crippen LogP contribution is 2.47. The summed E-state index contributed by atoms with van der Waals surface area (Å²) in [6.45, 7) is 9.43. The Kier molecular flexibility index (Phi) is 10.3. The van der Waals surface area contributed by atoms with E-state index < -0.39 is 36.0 Å². The molecule has 0 spiro atoms. The van der Waals surface area contributed by atoms with E-state index in [1.807, 2.05) is 13.8 Å². The van der Waals surface area contributed by atoms with Crippen molar-refractivity contribution in [3.05, 3.63) is 24.3 Å². The number of hydrogen-bond donors (Lipinski definition) is 1. The van der Waals surface area contributed by atoms with E-state index in [-0.39, 0.29) is 6.61 Å². The van der Waals surface area contributed by atoms with Gasteiger partial charge in [0.15, 0.2) is 18.0 Å². The van der Waals surface area contributed by atoms with Crippen molar-refractivity contribution in [1.82, 2.24) is 4.90 Å². The molecule has 0 bridgehead atoms. The number of carbonyl (C=O) groups is 1. The summed E-state index contributed by atoms with van der Waals surface area (Å²) in [4.78, 5) is 15.4. The molecule has 0 radical (unpaired) electrons. The average molecular weight is 535 g/mol. The first-order chi connectivity index (χ1) is 18.3. The van der Waals surface area contributed by atoms with Crippen molar-refractivity contribution in [2.75, 3.05) is 45.3 Å². The monoisotopic (exact) mass is 534 g/mol. The molecule has 1 N–H and O–H groups in total. The maximum absolute atomic E-state index is 13.0. The Morgan fingerprint density at radius 2 is 1.79 bits per heavy atom. The summed E-state index contributed by atoms with van der Waals surface area (Å²) in [7, 11) is 1.60. The maximum Gasteiger partial charge on any atom is 0.412 e. The average Bonchev–Trinajstić information content (AvgIpc) is 3.31. The molecule has 3 aliphatic rings. The Bertz CT molecular complexity index is 874. The number of amides is 1. The van der Waals surface area contributed by atoms with Gasteiger partial charge < -0.3 is 33.3 Å². The number of anilines is 1. The van der Waals surface area contributed by atoms with Crippen LogP contribution in [0.5, 0.6) is 5.75 Å². The van der Waals surface area contributed by atoms with E-state index in [9.17, 15) is 4.79 Å². The molecule has 1 amide bonds. The van der Waals surface area contributed by atoms with Crippen molar-refractivity contribution in [2.24, 2.45) is 0 Å². The van der Waals surface area contributed by atoms with E-state index >= 15 is 0 Å². The van der Waals surface area contributed by atoms with Crippen LogP contribution >= 0.6 is 0 Å². The minimum atomic E-state index is -1.13. The standard InChI is InChI=1S/C29H46N2O7/c1-5-6-7-8-12-19-34-21-29-26(37-28(2,3)38-29)25(24(36-29)20-31-17-10-9-11-18-31)35-27(32)30-22-13-15-23(33-4)16-14-22/h13-16,24-26H,5-12,17-21H2,1-4H3,(H,30,32)/t24-,25+,26-,29-/m0/s1. The fourth-order valence-corrected chi connectivity index (χ4v) is 5.61. The Labute approximate surface area is 227 Å². The van der Waals surface area contributed by atoms with Gasteiger partial charge in [-0.1, -0.05) is 39.0 Å². The minimum Gasteiger partial charge on any atom is -0.497 e. The molecule has 4 rings (SSSR count). The zero-order valence-corrected chi connectivity index (χ0v) is 23.5. The van der Waals surface area contributed by atoms with Crippen molar-refractivity contribution >= 4 is 11.8 Å². The molecule has 3 fully saturated rings. The maximum atomic E-state index is 13.0. The molecule has 3 heterocycles. The van der Waals surface area contributed by atoms with Crippen LogP contribution in [0.2, 0.25) is 0 Å². The zero-order valence-electron chi connectivity index (χ0n) is 23.5. The smallest absolute Gasteiger partial charge is 0.412 e. The molecule has 0 aromatic heterocycles. The van der Waals surface area contributed by atoms with Crippen LogP contribution in [0.15, 0.2) is 24.3 Å². The molecule has 9 nitrogen and oxygen atoms in total. The zero-order chi connectivity index (χ0) is 27.0. The molecule has 38 heavy (non-hydrogen) atoms. The Morgan fingerprint density at radius 1 is 1.05 bits per heavy atom. The number of unbranched alkanes of at least 4 members (excludes halogenated alkanes) is 4. The normalized spacial score (nSPS) is 28.7. The number of likely N-dealkylation sites (tertiary alicyclic amines) is 1. The van der Waals surface area contributed by atoms with Crippen LogP contribution in [-0.2, 0) is 23.7 Å². The van der Waals surface area contributed by atoms with Crippen molar-refractivity contribution in [3.63, 3.8) is 0 Å². The van der Waals surface area contributed by atoms with Crippen LogP contribution in [0.4, 0.5) is 10.5 Å². The molecule has 3 saturated heterocycles. The molecule has 9 heteroatoms. The number of piperidine rings is 1. The van der Waals surface area contributed by atoms with E-state index in [1.165, 1.54) is 25.7 Å². The topological polar surface area (TPSA) is 87.7 Å². The van der Waals surface area contributed by atoms with Crippen LogP contribution in [0.1, 0.15) is 72.1 Å². The molecule has 0 saturated carbocycles. The number of benzene rings is 1. The number of ether oxygens (including phenoxy) is 6. The summed E-state index contributed by atoms with van der Waals surface area (Å²) in [6.07, 6.45) is 7.16. The van der Waals surface area contributed by atoms with Gasteiger partial charge in [0.2, 0.25) is 5.79 Å². The third kappa shape index (κ3) is 7.60. The lowest BCUT2D eigenvalue weighted by molar-refractivity contribution is -0.279. The Hall–Kier alpha value is -1.91. The van der Waals surface area contributed by atoms with Gasteiger partial charge in [-0.25, -0.2) is 4.79 Å². The number of fused-ring (bicyclic) bond motifs is 1. The lowest BCUT2D eigenvalue weighted by Crippen LogP contribution is -2.46. The van der Waals surface area contributed by atoms with Gasteiger partial charge in [0.1, 0.15) is 18.5 Å². The van der Waals surface area contributed by atoms with Gasteiger partial charge in [0.05, 0.1) is 7.11 Å². The first-order valence-corrected chi connectivity index (χ1v) is 14.3. The van der Waals surface area contributed by atoms with Gasteiger partial charge >= 0.3 is 6.09 Å². The lowest BCUT2D eigenvalue weighted by atomic mass is 10.0. The van der Waals surface area contributed by atoms with Gasteiger partial charge in [-0.05, 0) is 70.5 Å². The van der Waals surface area contributed by atoms with Crippen molar-refractivity contribution in [1.29, 1.82) is 0 Å². The summed E-state index contributed by atoms with van der Waals surface area (Å²) in [5.74, 6) is -1.30. The second-order valence-electron chi connectivity index (χ2n) is 11.1. The summed E-state index contributed by atoms with van der Waals surface area (Å²) in [5, 5.41) is 2.82. The quantitative estimate of drug-likeness (QED) is 0.340. The number of rotatable bonds is 13. The van der Waals surface area contributed by atoms with E-state index in [4.69, 9.17) is 28.4 Å². The number of hydrogen-bond acceptors (Lipinski definition) is 8. The van der Waals surface area contributed by atoms with Crippen molar-refractivity contribution < 1.29 is 33.2 Å². The minimum absolute atomic E-state index is 0.228. The molecule has 4 atom stereocenters. The first kappa shape index (κ1) is 29.1. The Balaban J connectivity index is 1.45. The number of nitrogens with one attached hydrogen (secondary N) is 1. The van der Waals surface area contributed by atoms with Crippen molar-refractivity contribution in [3.8, 4) is 5.75 Å². The van der Waals surface area contributed by atoms with Crippen LogP contribution in [0.3, 0.4) is 0 Å². The number of carbonyl (C=O) groups excluding carboxylic acids is 1. The third-order valence-corrected chi connectivity index (χ3v) is 7.44. The second-order valence-corrected chi connectivity index (χ2v) is 11.1. The number of nitrogens with zero attached hydrogens (tertiary/aromatic N) is 1. The first-order valence-electron chi connectivity index (χ1n) is 14.3. The van der Waals surface area contributed by atoms with E-state index in [1.54, 1.807) is 31.4 Å². The molecule has 1 aromatic carbocycles. The van der Waals surface area contributed by atoms with E-state index in [2.05, 4.69) is 17.1 Å². The fourth-order valence-electron chi connectivity index (χ4n) is 5.61. The summed E-state index contributed by atoms with van der Waals surface area (Å²) in [6, 6.07) is 7.11. The largest absolute Gasteiger partial charge is 0.497 e.